The zero-order chi connectivity index (χ0) is 36.5. The fourth-order valence-corrected chi connectivity index (χ4v) is 7.59. The number of esters is 2. The van der Waals surface area contributed by atoms with Crippen LogP contribution in [0.1, 0.15) is 167 Å². The molecule has 0 saturated heterocycles. The number of hydrogen-bond acceptors (Lipinski definition) is 6. The van der Waals surface area contributed by atoms with Gasteiger partial charge >= 0.3 is 11.9 Å². The highest BCUT2D eigenvalue weighted by Gasteiger charge is 2.41. The summed E-state index contributed by atoms with van der Waals surface area (Å²) in [6.45, 7) is 16.6. The van der Waals surface area contributed by atoms with Crippen molar-refractivity contribution >= 4 is 11.9 Å². The summed E-state index contributed by atoms with van der Waals surface area (Å²) in [5.74, 6) is 0.799. The molecule has 4 rings (SSSR count). The van der Waals surface area contributed by atoms with Gasteiger partial charge in [-0.05, 0) is 111 Å². The highest BCUT2D eigenvalue weighted by molar-refractivity contribution is 5.89. The van der Waals surface area contributed by atoms with Crippen LogP contribution in [0, 0.1) is 17.8 Å². The van der Waals surface area contributed by atoms with Crippen LogP contribution >= 0.6 is 0 Å². The lowest BCUT2D eigenvalue weighted by Gasteiger charge is -2.41. The molecule has 2 aromatic carbocycles. The minimum atomic E-state index is -0.277. The quantitative estimate of drug-likeness (QED) is 0.171. The van der Waals surface area contributed by atoms with Crippen LogP contribution in [0.25, 0.3) is 0 Å². The molecule has 2 saturated carbocycles. The van der Waals surface area contributed by atoms with Crippen LogP contribution in [0.2, 0.25) is 0 Å². The van der Waals surface area contributed by atoms with Gasteiger partial charge in [-0.15, -0.1) is 0 Å². The molecule has 0 radical (unpaired) electrons. The first-order valence-electron chi connectivity index (χ1n) is 19.5. The predicted molar refractivity (Wildman–Crippen MR) is 201 cm³/mol. The third-order valence-corrected chi connectivity index (χ3v) is 11.2. The maximum absolute atomic E-state index is 12.6. The normalized spacial score (nSPS) is 15.8. The van der Waals surface area contributed by atoms with Gasteiger partial charge in [0.15, 0.2) is 11.5 Å². The van der Waals surface area contributed by atoms with Crippen molar-refractivity contribution in [2.75, 3.05) is 0 Å². The van der Waals surface area contributed by atoms with Gasteiger partial charge in [0.25, 0.3) is 0 Å². The van der Waals surface area contributed by atoms with Gasteiger partial charge in [-0.25, -0.2) is 4.79 Å². The Morgan fingerprint density at radius 1 is 0.633 bits per heavy atom. The van der Waals surface area contributed by atoms with Gasteiger partial charge in [-0.1, -0.05) is 112 Å². The summed E-state index contributed by atoms with van der Waals surface area (Å²) >= 11 is 0. The lowest BCUT2D eigenvalue weighted by molar-refractivity contribution is -0.173. The first-order chi connectivity index (χ1) is 23.4. The topological polar surface area (TPSA) is 93.1 Å². The monoisotopic (exact) mass is 681 g/mol. The molecule has 2 fully saturated rings. The first kappa shape index (κ1) is 42.1. The number of phenols is 2. The highest BCUT2D eigenvalue weighted by atomic mass is 16.6. The Kier molecular flexibility index (Phi) is 18.3. The van der Waals surface area contributed by atoms with E-state index in [-0.39, 0.29) is 40.6 Å². The van der Waals surface area contributed by atoms with Crippen molar-refractivity contribution in [1.82, 2.24) is 0 Å². The van der Waals surface area contributed by atoms with Gasteiger partial charge < -0.3 is 19.7 Å². The highest BCUT2D eigenvalue weighted by Crippen LogP contribution is 2.41. The van der Waals surface area contributed by atoms with Gasteiger partial charge in [0.2, 0.25) is 0 Å². The number of carbonyl (C=O) groups is 2. The van der Waals surface area contributed by atoms with Gasteiger partial charge in [0.05, 0.1) is 11.5 Å². The molecule has 6 nitrogen and oxygen atoms in total. The Balaban J connectivity index is 0.000000273. The summed E-state index contributed by atoms with van der Waals surface area (Å²) < 4.78 is 12.0. The molecule has 2 N–H and O–H groups in total. The lowest BCUT2D eigenvalue weighted by atomic mass is 9.74. The Labute approximate surface area is 298 Å². The number of benzene rings is 2. The molecular weight excluding hydrogens is 612 g/mol. The predicted octanol–water partition coefficient (Wildman–Crippen LogP) is 11.5. The molecule has 0 amide bonds. The van der Waals surface area contributed by atoms with E-state index in [2.05, 4.69) is 34.6 Å². The molecule has 276 valence electrons. The van der Waals surface area contributed by atoms with E-state index >= 15 is 0 Å². The van der Waals surface area contributed by atoms with Crippen molar-refractivity contribution < 1.29 is 29.3 Å². The number of hydrogen-bond donors (Lipinski definition) is 2. The molecule has 6 heteroatoms. The molecule has 0 bridgehead atoms. The number of carbonyl (C=O) groups excluding carboxylic acids is 2. The van der Waals surface area contributed by atoms with E-state index in [4.69, 9.17) is 19.7 Å². The zero-order valence-electron chi connectivity index (χ0n) is 32.1. The van der Waals surface area contributed by atoms with Crippen molar-refractivity contribution in [1.29, 1.82) is 0 Å². The van der Waals surface area contributed by atoms with E-state index in [9.17, 15) is 9.59 Å². The minimum absolute atomic E-state index is 0.0175. The number of aryl methyl sites for hydroxylation is 2. The lowest BCUT2D eigenvalue weighted by Crippen LogP contribution is -2.43. The van der Waals surface area contributed by atoms with Crippen molar-refractivity contribution in [3.8, 4) is 11.5 Å². The molecule has 49 heavy (non-hydrogen) atoms. The largest absolute Gasteiger partial charge is 0.504 e. The molecule has 0 aromatic heterocycles. The van der Waals surface area contributed by atoms with E-state index in [0.717, 1.165) is 44.1 Å². The molecule has 2 aliphatic rings. The van der Waals surface area contributed by atoms with Crippen LogP contribution in [0.5, 0.6) is 11.5 Å². The summed E-state index contributed by atoms with van der Waals surface area (Å²) in [7, 11) is 0. The van der Waals surface area contributed by atoms with Crippen LogP contribution in [0.15, 0.2) is 42.5 Å². The molecule has 2 aliphatic carbocycles. The first-order valence-corrected chi connectivity index (χ1v) is 19.5. The number of ether oxygens (including phenoxy) is 2. The number of phenolic OH excluding ortho intramolecular Hbond substituents is 2. The smallest absolute Gasteiger partial charge is 0.338 e. The molecule has 0 atom stereocenters. The van der Waals surface area contributed by atoms with Crippen LogP contribution < -0.4 is 0 Å². The van der Waals surface area contributed by atoms with Gasteiger partial charge in [-0.2, -0.15) is 0 Å². The van der Waals surface area contributed by atoms with E-state index in [0.29, 0.717) is 17.4 Å². The third-order valence-electron chi connectivity index (χ3n) is 11.2. The summed E-state index contributed by atoms with van der Waals surface area (Å²) in [6, 6.07) is 12.7. The second-order valence-electron chi connectivity index (χ2n) is 14.4. The average Bonchev–Trinajstić information content (AvgIpc) is 3.15. The van der Waals surface area contributed by atoms with Crippen LogP contribution in [0.3, 0.4) is 0 Å². The molecule has 0 spiro atoms. The standard InChI is InChI=1S/C20H30O2.C15H28O2.C8H10O2/c1-4-16-12-14-17(15-13-16)19(21)22-20(5-2,6-3)18-10-8-7-9-11-18;1-5-15(6-2,17-14(16)12(3)4)13-10-8-7-9-11-13;1-2-6-3-4-7(9)8(10)5-6/h12-15,18H,4-11H2,1-3H3;12-13H,5-11H2,1-4H3;3-5,9-10H,2H2,1H3. The van der Waals surface area contributed by atoms with Crippen molar-refractivity contribution in [2.45, 2.75) is 169 Å². The van der Waals surface area contributed by atoms with E-state index in [1.165, 1.54) is 75.8 Å². The van der Waals surface area contributed by atoms with E-state index < -0.39 is 0 Å². The Bertz CT molecular complexity index is 1230. The summed E-state index contributed by atoms with van der Waals surface area (Å²) in [5, 5.41) is 17.9. The minimum Gasteiger partial charge on any atom is -0.504 e. The maximum atomic E-state index is 12.6. The fourth-order valence-electron chi connectivity index (χ4n) is 7.59. The average molecular weight is 681 g/mol. The number of rotatable bonds is 12. The Hall–Kier alpha value is -3.02. The van der Waals surface area contributed by atoms with Gasteiger partial charge in [0, 0.05) is 0 Å². The number of aromatic hydroxyl groups is 2. The van der Waals surface area contributed by atoms with Crippen molar-refractivity contribution in [3.05, 3.63) is 59.2 Å². The zero-order valence-corrected chi connectivity index (χ0v) is 32.1. The second-order valence-corrected chi connectivity index (χ2v) is 14.4. The van der Waals surface area contributed by atoms with Crippen molar-refractivity contribution in [2.24, 2.45) is 17.8 Å². The Morgan fingerprint density at radius 3 is 1.45 bits per heavy atom. The van der Waals surface area contributed by atoms with Crippen LogP contribution in [0.4, 0.5) is 0 Å². The maximum Gasteiger partial charge on any atom is 0.338 e. The van der Waals surface area contributed by atoms with Gasteiger partial charge in [-0.3, -0.25) is 4.79 Å². The summed E-state index contributed by atoms with van der Waals surface area (Å²) in [4.78, 5) is 24.5. The van der Waals surface area contributed by atoms with Crippen LogP contribution in [-0.4, -0.2) is 33.4 Å². The fraction of sp³-hybridized carbons (Fsp3) is 0.674. The van der Waals surface area contributed by atoms with Crippen LogP contribution in [-0.2, 0) is 27.1 Å². The van der Waals surface area contributed by atoms with E-state index in [1.807, 2.05) is 45.0 Å². The Morgan fingerprint density at radius 2 is 1.06 bits per heavy atom. The van der Waals surface area contributed by atoms with Gasteiger partial charge in [0.1, 0.15) is 11.2 Å². The SMILES string of the molecule is CCC(CC)(OC(=O)C(C)C)C1CCCCC1.CCc1ccc(C(=O)OC(CC)(CC)C2CCCCC2)cc1.CCc1ccc(O)c(O)c1. The molecular formula is C43H68O6. The summed E-state index contributed by atoms with van der Waals surface area (Å²) in [6.07, 6.45) is 18.2. The second kappa shape index (κ2) is 21.3. The van der Waals surface area contributed by atoms with E-state index in [1.54, 1.807) is 12.1 Å². The third kappa shape index (κ3) is 12.4. The van der Waals surface area contributed by atoms with Crippen molar-refractivity contribution in [3.63, 3.8) is 0 Å². The molecule has 0 unspecified atom stereocenters. The molecule has 0 heterocycles. The summed E-state index contributed by atoms with van der Waals surface area (Å²) in [5.41, 5.74) is 2.48. The molecule has 0 aliphatic heterocycles. The molecule has 2 aromatic rings.